The van der Waals surface area contributed by atoms with Crippen molar-refractivity contribution >= 4 is 34.0 Å². The van der Waals surface area contributed by atoms with E-state index in [-0.39, 0.29) is 5.56 Å². The predicted molar refractivity (Wildman–Crippen MR) is 90.7 cm³/mol. The second kappa shape index (κ2) is 7.07. The third-order valence-corrected chi connectivity index (χ3v) is 4.36. The molecule has 0 aliphatic heterocycles. The molecule has 7 heteroatoms. The Morgan fingerprint density at radius 3 is 2.83 bits per heavy atom. The van der Waals surface area contributed by atoms with Gasteiger partial charge in [0.15, 0.2) is 5.13 Å². The number of nitrogens with zero attached hydrogens (tertiary/aromatic N) is 1. The fraction of sp³-hybridized carbons (Fsp3) is 0.0588. The highest BCUT2D eigenvalue weighted by Crippen LogP contribution is 2.23. The molecule has 0 saturated heterocycles. The lowest BCUT2D eigenvalue weighted by Gasteiger charge is -2.03. The highest BCUT2D eigenvalue weighted by atomic mass is 35.5. The Bertz CT molecular complexity index is 898. The molecule has 0 atom stereocenters. The molecule has 3 rings (SSSR count). The Labute approximate surface area is 145 Å². The maximum absolute atomic E-state index is 13.6. The van der Waals surface area contributed by atoms with Gasteiger partial charge in [0, 0.05) is 22.5 Å². The maximum atomic E-state index is 13.6. The van der Waals surface area contributed by atoms with Crippen molar-refractivity contribution in [2.24, 2.45) is 0 Å². The first-order valence-corrected chi connectivity index (χ1v) is 8.16. The molecule has 0 unspecified atom stereocenters. The first-order chi connectivity index (χ1) is 11.5. The van der Waals surface area contributed by atoms with Gasteiger partial charge in [-0.1, -0.05) is 23.7 Å². The van der Waals surface area contributed by atoms with E-state index in [1.165, 1.54) is 11.3 Å². The van der Waals surface area contributed by atoms with Crippen molar-refractivity contribution in [3.63, 3.8) is 0 Å². The van der Waals surface area contributed by atoms with Crippen LogP contribution in [0.15, 0.2) is 48.7 Å². The van der Waals surface area contributed by atoms with Crippen molar-refractivity contribution in [2.45, 2.75) is 6.42 Å². The summed E-state index contributed by atoms with van der Waals surface area (Å²) in [4.78, 5) is 17.0. The molecular weight excluding hydrogens is 354 g/mol. The second-order valence-electron chi connectivity index (χ2n) is 5.02. The third-order valence-electron chi connectivity index (χ3n) is 3.21. The number of thiazole rings is 1. The van der Waals surface area contributed by atoms with Crippen LogP contribution < -0.4 is 5.32 Å². The number of carbonyl (C=O) groups excluding carboxylic acids is 1. The summed E-state index contributed by atoms with van der Waals surface area (Å²) in [5.41, 5.74) is 0.654. The molecule has 1 aromatic heterocycles. The van der Waals surface area contributed by atoms with E-state index < -0.39 is 17.5 Å². The quantitative estimate of drug-likeness (QED) is 0.714. The summed E-state index contributed by atoms with van der Waals surface area (Å²) in [5, 5.41) is 3.45. The summed E-state index contributed by atoms with van der Waals surface area (Å²) < 4.78 is 26.8. The highest BCUT2D eigenvalue weighted by molar-refractivity contribution is 7.15. The van der Waals surface area contributed by atoms with E-state index >= 15 is 0 Å². The molecule has 0 radical (unpaired) electrons. The number of anilines is 1. The Morgan fingerprint density at radius 1 is 1.21 bits per heavy atom. The molecule has 0 aliphatic rings. The van der Waals surface area contributed by atoms with Crippen LogP contribution in [0.25, 0.3) is 0 Å². The van der Waals surface area contributed by atoms with Crippen LogP contribution in [0.2, 0.25) is 5.02 Å². The minimum absolute atomic E-state index is 0.320. The number of hydrogen-bond acceptors (Lipinski definition) is 3. The number of amides is 1. The SMILES string of the molecule is O=C(Nc1ncc(Cc2cccc(Cl)c2)s1)c1cc(F)ccc1F. The molecule has 0 saturated carbocycles. The number of hydrogen-bond donors (Lipinski definition) is 1. The standard InChI is InChI=1S/C17H11ClF2N2OS/c18-11-3-1-2-10(6-11)7-13-9-21-17(24-13)22-16(23)14-8-12(19)4-5-15(14)20/h1-6,8-9H,7H2,(H,21,22,23). The topological polar surface area (TPSA) is 42.0 Å². The van der Waals surface area contributed by atoms with E-state index in [0.29, 0.717) is 16.6 Å². The number of nitrogens with one attached hydrogen (secondary N) is 1. The van der Waals surface area contributed by atoms with Crippen LogP contribution in [0, 0.1) is 11.6 Å². The van der Waals surface area contributed by atoms with Crippen LogP contribution in [0.3, 0.4) is 0 Å². The third kappa shape index (κ3) is 3.96. The van der Waals surface area contributed by atoms with Crippen molar-refractivity contribution in [1.29, 1.82) is 0 Å². The molecule has 0 spiro atoms. The van der Waals surface area contributed by atoms with Crippen molar-refractivity contribution in [2.75, 3.05) is 5.32 Å². The minimum Gasteiger partial charge on any atom is -0.298 e. The van der Waals surface area contributed by atoms with Crippen LogP contribution >= 0.6 is 22.9 Å². The van der Waals surface area contributed by atoms with Crippen LogP contribution in [0.4, 0.5) is 13.9 Å². The summed E-state index contributed by atoms with van der Waals surface area (Å²) in [7, 11) is 0. The first kappa shape index (κ1) is 16.5. The lowest BCUT2D eigenvalue weighted by atomic mass is 10.1. The highest BCUT2D eigenvalue weighted by Gasteiger charge is 2.14. The van der Waals surface area contributed by atoms with Gasteiger partial charge < -0.3 is 0 Å². The van der Waals surface area contributed by atoms with Gasteiger partial charge in [0.25, 0.3) is 5.91 Å². The minimum atomic E-state index is -0.787. The first-order valence-electron chi connectivity index (χ1n) is 6.97. The number of rotatable bonds is 4. The zero-order chi connectivity index (χ0) is 17.1. The monoisotopic (exact) mass is 364 g/mol. The van der Waals surface area contributed by atoms with Gasteiger partial charge in [-0.05, 0) is 35.9 Å². The molecule has 2 aromatic carbocycles. The van der Waals surface area contributed by atoms with Gasteiger partial charge in [-0.15, -0.1) is 11.3 Å². The number of carbonyl (C=O) groups is 1. The van der Waals surface area contributed by atoms with E-state index in [1.54, 1.807) is 12.3 Å². The molecule has 3 aromatic rings. The molecule has 0 fully saturated rings. The Hall–Kier alpha value is -2.31. The molecule has 1 amide bonds. The number of halogens is 3. The Kier molecular flexibility index (Phi) is 4.87. The fourth-order valence-electron chi connectivity index (χ4n) is 2.13. The van der Waals surface area contributed by atoms with Gasteiger partial charge in [0.05, 0.1) is 5.56 Å². The maximum Gasteiger partial charge on any atom is 0.260 e. The number of benzene rings is 2. The second-order valence-corrected chi connectivity index (χ2v) is 6.57. The van der Waals surface area contributed by atoms with Gasteiger partial charge in [0.1, 0.15) is 11.6 Å². The average molecular weight is 365 g/mol. The van der Waals surface area contributed by atoms with Crippen molar-refractivity contribution in [1.82, 2.24) is 4.98 Å². The summed E-state index contributed by atoms with van der Waals surface area (Å²) in [6.07, 6.45) is 2.24. The Morgan fingerprint density at radius 2 is 2.04 bits per heavy atom. The smallest absolute Gasteiger partial charge is 0.260 e. The molecule has 122 valence electrons. The summed E-state index contributed by atoms with van der Waals surface area (Å²) in [6.45, 7) is 0. The van der Waals surface area contributed by atoms with Crippen LogP contribution in [0.1, 0.15) is 20.8 Å². The van der Waals surface area contributed by atoms with E-state index in [9.17, 15) is 13.6 Å². The zero-order valence-corrected chi connectivity index (χ0v) is 13.8. The largest absolute Gasteiger partial charge is 0.298 e. The summed E-state index contributed by atoms with van der Waals surface area (Å²) >= 11 is 7.21. The van der Waals surface area contributed by atoms with Crippen LogP contribution in [0.5, 0.6) is 0 Å². The van der Waals surface area contributed by atoms with Gasteiger partial charge in [-0.2, -0.15) is 0 Å². The van der Waals surface area contributed by atoms with E-state index in [0.717, 1.165) is 28.6 Å². The summed E-state index contributed by atoms with van der Waals surface area (Å²) in [5.74, 6) is -2.21. The van der Waals surface area contributed by atoms with Crippen LogP contribution in [-0.4, -0.2) is 10.9 Å². The fourth-order valence-corrected chi connectivity index (χ4v) is 3.19. The van der Waals surface area contributed by atoms with E-state index in [1.807, 2.05) is 18.2 Å². The molecule has 1 N–H and O–H groups in total. The Balaban J connectivity index is 1.72. The predicted octanol–water partition coefficient (Wildman–Crippen LogP) is 4.92. The van der Waals surface area contributed by atoms with E-state index in [4.69, 9.17) is 11.6 Å². The summed E-state index contributed by atoms with van der Waals surface area (Å²) in [6, 6.07) is 10.2. The van der Waals surface area contributed by atoms with Crippen LogP contribution in [-0.2, 0) is 6.42 Å². The molecule has 0 aliphatic carbocycles. The van der Waals surface area contributed by atoms with Crippen molar-refractivity contribution in [3.8, 4) is 0 Å². The molecule has 24 heavy (non-hydrogen) atoms. The van der Waals surface area contributed by atoms with Gasteiger partial charge in [0.2, 0.25) is 0 Å². The molecular formula is C17H11ClF2N2OS. The number of aromatic nitrogens is 1. The molecule has 1 heterocycles. The zero-order valence-electron chi connectivity index (χ0n) is 12.2. The van der Waals surface area contributed by atoms with Gasteiger partial charge >= 0.3 is 0 Å². The van der Waals surface area contributed by atoms with Crippen molar-refractivity contribution in [3.05, 3.63) is 81.3 Å². The normalized spacial score (nSPS) is 10.6. The van der Waals surface area contributed by atoms with Gasteiger partial charge in [-0.25, -0.2) is 13.8 Å². The molecule has 0 bridgehead atoms. The lowest BCUT2D eigenvalue weighted by Crippen LogP contribution is -2.13. The van der Waals surface area contributed by atoms with E-state index in [2.05, 4.69) is 10.3 Å². The van der Waals surface area contributed by atoms with Crippen molar-refractivity contribution < 1.29 is 13.6 Å². The lowest BCUT2D eigenvalue weighted by molar-refractivity contribution is 0.102. The average Bonchev–Trinajstić information content (AvgIpc) is 2.96. The molecule has 3 nitrogen and oxygen atoms in total. The van der Waals surface area contributed by atoms with Gasteiger partial charge in [-0.3, -0.25) is 10.1 Å².